The number of carbonyl (C=O) groups is 1. The van der Waals surface area contributed by atoms with Gasteiger partial charge in [0, 0.05) is 24.8 Å². The maximum absolute atomic E-state index is 12.2. The lowest BCUT2D eigenvalue weighted by Gasteiger charge is -2.09. The molecule has 2 aromatic heterocycles. The Morgan fingerprint density at radius 2 is 2.00 bits per heavy atom. The fourth-order valence-corrected chi connectivity index (χ4v) is 3.23. The van der Waals surface area contributed by atoms with E-state index in [-0.39, 0.29) is 5.91 Å². The van der Waals surface area contributed by atoms with Crippen LogP contribution in [0.1, 0.15) is 29.1 Å². The molecule has 142 valence electrons. The summed E-state index contributed by atoms with van der Waals surface area (Å²) in [6.07, 6.45) is 2.06. The number of halogens is 2. The average molecular weight is 451 g/mol. The fourth-order valence-electron chi connectivity index (χ4n) is 2.80. The Kier molecular flexibility index (Phi) is 6.01. The number of nitrogens with one attached hydrogen (secondary N) is 1. The van der Waals surface area contributed by atoms with Gasteiger partial charge in [0.25, 0.3) is 0 Å². The van der Waals surface area contributed by atoms with Crippen LogP contribution in [0.25, 0.3) is 0 Å². The molecule has 0 atom stereocenters. The first-order valence-corrected chi connectivity index (χ1v) is 9.78. The number of aromatic nitrogens is 4. The van der Waals surface area contributed by atoms with Crippen molar-refractivity contribution >= 4 is 39.1 Å². The summed E-state index contributed by atoms with van der Waals surface area (Å²) in [4.78, 5) is 12.2. The molecule has 0 radical (unpaired) electrons. The van der Waals surface area contributed by atoms with Crippen LogP contribution in [0.15, 0.2) is 34.9 Å². The zero-order chi connectivity index (χ0) is 19.6. The van der Waals surface area contributed by atoms with Crippen LogP contribution in [0.4, 0.5) is 5.69 Å². The van der Waals surface area contributed by atoms with Crippen molar-refractivity contribution in [1.29, 1.82) is 0 Å². The van der Waals surface area contributed by atoms with Crippen molar-refractivity contribution < 1.29 is 4.79 Å². The smallest absolute Gasteiger partial charge is 0.226 e. The third kappa shape index (κ3) is 4.78. The van der Waals surface area contributed by atoms with E-state index in [0.29, 0.717) is 24.5 Å². The van der Waals surface area contributed by atoms with E-state index < -0.39 is 0 Å². The molecule has 0 bridgehead atoms. The SMILES string of the molecule is Cc1nn(CCC(=O)Nc2cccc(Cn3nc(C)c(Br)c3C)c2)cc1Cl. The van der Waals surface area contributed by atoms with Crippen molar-refractivity contribution in [1.82, 2.24) is 19.6 Å². The molecule has 3 aromatic rings. The van der Waals surface area contributed by atoms with Crippen LogP contribution in [0.5, 0.6) is 0 Å². The second-order valence-corrected chi connectivity index (χ2v) is 7.67. The Hall–Kier alpha value is -2.12. The second-order valence-electron chi connectivity index (χ2n) is 6.47. The molecule has 1 amide bonds. The normalized spacial score (nSPS) is 11.0. The van der Waals surface area contributed by atoms with Crippen molar-refractivity contribution in [2.24, 2.45) is 0 Å². The van der Waals surface area contributed by atoms with Gasteiger partial charge in [-0.2, -0.15) is 10.2 Å². The zero-order valence-corrected chi connectivity index (χ0v) is 17.8. The first-order valence-electron chi connectivity index (χ1n) is 8.61. The number of hydrogen-bond donors (Lipinski definition) is 1. The maximum atomic E-state index is 12.2. The summed E-state index contributed by atoms with van der Waals surface area (Å²) in [6.45, 7) is 6.97. The molecule has 1 aromatic carbocycles. The number of hydrogen-bond acceptors (Lipinski definition) is 3. The van der Waals surface area contributed by atoms with E-state index in [1.54, 1.807) is 10.9 Å². The number of aryl methyl sites for hydroxylation is 3. The highest BCUT2D eigenvalue weighted by atomic mass is 79.9. The van der Waals surface area contributed by atoms with Crippen LogP contribution < -0.4 is 5.32 Å². The van der Waals surface area contributed by atoms with E-state index in [1.165, 1.54) is 0 Å². The van der Waals surface area contributed by atoms with Crippen molar-refractivity contribution in [2.45, 2.75) is 40.3 Å². The van der Waals surface area contributed by atoms with Gasteiger partial charge in [0.1, 0.15) is 0 Å². The Labute approximate surface area is 171 Å². The molecule has 2 heterocycles. The summed E-state index contributed by atoms with van der Waals surface area (Å²) in [5.41, 5.74) is 4.65. The first-order chi connectivity index (χ1) is 12.8. The maximum Gasteiger partial charge on any atom is 0.226 e. The van der Waals surface area contributed by atoms with Crippen LogP contribution in [-0.4, -0.2) is 25.5 Å². The molecule has 0 aliphatic carbocycles. The van der Waals surface area contributed by atoms with Crippen LogP contribution in [-0.2, 0) is 17.9 Å². The standard InChI is InChI=1S/C19H21BrClN5O/c1-12-17(21)11-25(23-12)8-7-18(27)22-16-6-4-5-15(9-16)10-26-14(3)19(20)13(2)24-26/h4-6,9,11H,7-8,10H2,1-3H3,(H,22,27). The predicted molar refractivity (Wildman–Crippen MR) is 110 cm³/mol. The third-order valence-corrected chi connectivity index (χ3v) is 5.81. The molecule has 3 rings (SSSR count). The molecule has 8 heteroatoms. The Balaban J connectivity index is 1.61. The number of amides is 1. The quantitative estimate of drug-likeness (QED) is 0.601. The van der Waals surface area contributed by atoms with Crippen molar-refractivity contribution in [3.05, 3.63) is 62.6 Å². The molecule has 27 heavy (non-hydrogen) atoms. The minimum Gasteiger partial charge on any atom is -0.326 e. The zero-order valence-electron chi connectivity index (χ0n) is 15.5. The monoisotopic (exact) mass is 449 g/mol. The van der Waals surface area contributed by atoms with Crippen LogP contribution in [0, 0.1) is 20.8 Å². The van der Waals surface area contributed by atoms with E-state index in [1.807, 2.05) is 49.7 Å². The summed E-state index contributed by atoms with van der Waals surface area (Å²) in [5, 5.41) is 12.3. The third-order valence-electron chi connectivity index (χ3n) is 4.29. The summed E-state index contributed by atoms with van der Waals surface area (Å²) < 4.78 is 4.67. The fraction of sp³-hybridized carbons (Fsp3) is 0.316. The van der Waals surface area contributed by atoms with Gasteiger partial charge >= 0.3 is 0 Å². The minimum absolute atomic E-state index is 0.0646. The minimum atomic E-state index is -0.0646. The van der Waals surface area contributed by atoms with Crippen molar-refractivity contribution in [3.8, 4) is 0 Å². The molecule has 0 spiro atoms. The van der Waals surface area contributed by atoms with E-state index in [0.717, 1.165) is 32.8 Å². The van der Waals surface area contributed by atoms with Crippen LogP contribution in [0.2, 0.25) is 5.02 Å². The Morgan fingerprint density at radius 1 is 1.22 bits per heavy atom. The molecular weight excluding hydrogens is 430 g/mol. The van der Waals surface area contributed by atoms with Gasteiger partial charge in [0.15, 0.2) is 0 Å². The number of rotatable bonds is 6. The molecule has 0 fully saturated rings. The molecular formula is C19H21BrClN5O. The summed E-state index contributed by atoms with van der Waals surface area (Å²) in [7, 11) is 0. The average Bonchev–Trinajstić information content (AvgIpc) is 3.07. The first kappa shape index (κ1) is 19.6. The predicted octanol–water partition coefficient (Wildman–Crippen LogP) is 4.50. The van der Waals surface area contributed by atoms with Crippen LogP contribution in [0.3, 0.4) is 0 Å². The number of anilines is 1. The second kappa shape index (κ2) is 8.27. The van der Waals surface area contributed by atoms with Gasteiger partial charge in [-0.25, -0.2) is 0 Å². The van der Waals surface area contributed by atoms with Gasteiger partial charge in [0.2, 0.25) is 5.91 Å². The lowest BCUT2D eigenvalue weighted by molar-refractivity contribution is -0.116. The lowest BCUT2D eigenvalue weighted by Crippen LogP contribution is -2.15. The lowest BCUT2D eigenvalue weighted by atomic mass is 10.2. The highest BCUT2D eigenvalue weighted by Gasteiger charge is 2.10. The highest BCUT2D eigenvalue weighted by Crippen LogP contribution is 2.21. The molecule has 0 saturated heterocycles. The summed E-state index contributed by atoms with van der Waals surface area (Å²) in [6, 6.07) is 7.81. The number of benzene rings is 1. The van der Waals surface area contributed by atoms with Gasteiger partial charge in [-0.1, -0.05) is 23.7 Å². The molecule has 1 N–H and O–H groups in total. The van der Waals surface area contributed by atoms with E-state index in [4.69, 9.17) is 11.6 Å². The summed E-state index contributed by atoms with van der Waals surface area (Å²) >= 11 is 9.53. The van der Waals surface area contributed by atoms with E-state index in [9.17, 15) is 4.79 Å². The Bertz CT molecular complexity index is 959. The van der Waals surface area contributed by atoms with Gasteiger partial charge in [-0.15, -0.1) is 0 Å². The van der Waals surface area contributed by atoms with Gasteiger partial charge in [0.05, 0.1) is 33.1 Å². The molecule has 0 unspecified atom stereocenters. The molecule has 6 nitrogen and oxygen atoms in total. The van der Waals surface area contributed by atoms with Gasteiger partial charge in [-0.3, -0.25) is 14.2 Å². The van der Waals surface area contributed by atoms with Gasteiger partial charge < -0.3 is 5.32 Å². The topological polar surface area (TPSA) is 64.7 Å². The number of carbonyl (C=O) groups excluding carboxylic acids is 1. The van der Waals surface area contributed by atoms with E-state index in [2.05, 4.69) is 31.4 Å². The largest absolute Gasteiger partial charge is 0.326 e. The molecule has 0 aliphatic rings. The Morgan fingerprint density at radius 3 is 2.63 bits per heavy atom. The molecule has 0 aliphatic heterocycles. The highest BCUT2D eigenvalue weighted by molar-refractivity contribution is 9.10. The van der Waals surface area contributed by atoms with E-state index >= 15 is 0 Å². The number of nitrogens with zero attached hydrogens (tertiary/aromatic N) is 4. The van der Waals surface area contributed by atoms with Gasteiger partial charge in [-0.05, 0) is 54.4 Å². The van der Waals surface area contributed by atoms with Crippen molar-refractivity contribution in [3.63, 3.8) is 0 Å². The molecule has 0 saturated carbocycles. The van der Waals surface area contributed by atoms with Crippen molar-refractivity contribution in [2.75, 3.05) is 5.32 Å². The van der Waals surface area contributed by atoms with Crippen LogP contribution >= 0.6 is 27.5 Å². The summed E-state index contributed by atoms with van der Waals surface area (Å²) in [5.74, 6) is -0.0646.